The van der Waals surface area contributed by atoms with Crippen LogP contribution >= 0.6 is 34.8 Å². The predicted molar refractivity (Wildman–Crippen MR) is 82.3 cm³/mol. The second kappa shape index (κ2) is 7.64. The fraction of sp³-hybridized carbons (Fsp3) is 0.333. The summed E-state index contributed by atoms with van der Waals surface area (Å²) < 4.78 is 31.7. The first-order valence-electron chi connectivity index (χ1n) is 5.60. The molecule has 0 heterocycles. The first kappa shape index (κ1) is 17.8. The Morgan fingerprint density at radius 2 is 1.85 bits per heavy atom. The highest BCUT2D eigenvalue weighted by molar-refractivity contribution is 7.89. The summed E-state index contributed by atoms with van der Waals surface area (Å²) in [5.74, 6) is 0. The van der Waals surface area contributed by atoms with Gasteiger partial charge in [0.05, 0.1) is 23.3 Å². The van der Waals surface area contributed by atoms with Crippen molar-refractivity contribution in [2.45, 2.75) is 11.8 Å². The van der Waals surface area contributed by atoms with Crippen molar-refractivity contribution in [3.8, 4) is 0 Å². The highest BCUT2D eigenvalue weighted by atomic mass is 35.5. The lowest BCUT2D eigenvalue weighted by atomic mass is 10.4. The van der Waals surface area contributed by atoms with Crippen LogP contribution < -0.4 is 4.72 Å². The highest BCUT2D eigenvalue weighted by Gasteiger charge is 2.21. The molecule has 1 N–H and O–H groups in total. The first-order chi connectivity index (χ1) is 9.24. The lowest BCUT2D eigenvalue weighted by molar-refractivity contribution is 0.162. The van der Waals surface area contributed by atoms with Gasteiger partial charge in [0.25, 0.3) is 0 Å². The van der Waals surface area contributed by atoms with Crippen LogP contribution in [-0.4, -0.2) is 28.2 Å². The van der Waals surface area contributed by atoms with Crippen molar-refractivity contribution in [1.29, 1.82) is 0 Å². The molecule has 0 fully saturated rings. The summed E-state index contributed by atoms with van der Waals surface area (Å²) in [6, 6.07) is 2.64. The maximum atomic E-state index is 12.1. The summed E-state index contributed by atoms with van der Waals surface area (Å²) in [6.07, 6.45) is 0. The Hall–Kier alpha value is -0.300. The number of hydrogen-bond acceptors (Lipinski definition) is 3. The van der Waals surface area contributed by atoms with Gasteiger partial charge >= 0.3 is 0 Å². The zero-order valence-corrected chi connectivity index (χ0v) is 13.8. The lowest BCUT2D eigenvalue weighted by Crippen LogP contribution is -2.28. The fourth-order valence-electron chi connectivity index (χ4n) is 1.35. The van der Waals surface area contributed by atoms with Gasteiger partial charge in [-0.1, -0.05) is 47.0 Å². The lowest BCUT2D eigenvalue weighted by Gasteiger charge is -2.10. The maximum absolute atomic E-state index is 12.1. The molecule has 1 aromatic rings. The van der Waals surface area contributed by atoms with Gasteiger partial charge < -0.3 is 4.74 Å². The van der Waals surface area contributed by atoms with Gasteiger partial charge in [0.1, 0.15) is 4.90 Å². The molecular weight excluding hydrogens is 345 g/mol. The number of halogens is 3. The summed E-state index contributed by atoms with van der Waals surface area (Å²) in [5.41, 5.74) is 0.858. The van der Waals surface area contributed by atoms with Crippen molar-refractivity contribution in [3.63, 3.8) is 0 Å². The summed E-state index contributed by atoms with van der Waals surface area (Å²) in [7, 11) is -3.81. The van der Waals surface area contributed by atoms with Crippen molar-refractivity contribution < 1.29 is 13.2 Å². The third-order valence-electron chi connectivity index (χ3n) is 2.12. The summed E-state index contributed by atoms with van der Waals surface area (Å²) in [5, 5.41) is 0.208. The van der Waals surface area contributed by atoms with Crippen molar-refractivity contribution in [2.75, 3.05) is 19.8 Å². The summed E-state index contributed by atoms with van der Waals surface area (Å²) in [6.45, 7) is 6.18. The van der Waals surface area contributed by atoms with Gasteiger partial charge in [0.15, 0.2) is 0 Å². The second-order valence-corrected chi connectivity index (χ2v) is 7.06. The zero-order valence-electron chi connectivity index (χ0n) is 10.8. The van der Waals surface area contributed by atoms with Crippen molar-refractivity contribution in [1.82, 2.24) is 4.72 Å². The van der Waals surface area contributed by atoms with E-state index in [0.717, 1.165) is 5.57 Å². The van der Waals surface area contributed by atoms with E-state index in [2.05, 4.69) is 11.3 Å². The van der Waals surface area contributed by atoms with Crippen LogP contribution in [0.1, 0.15) is 6.92 Å². The number of rotatable bonds is 7. The molecule has 1 aromatic carbocycles. The molecule has 1 rings (SSSR count). The van der Waals surface area contributed by atoms with E-state index < -0.39 is 10.0 Å². The van der Waals surface area contributed by atoms with E-state index >= 15 is 0 Å². The Bertz CT molecular complexity index is 579. The first-order valence-corrected chi connectivity index (χ1v) is 8.22. The maximum Gasteiger partial charge on any atom is 0.243 e. The van der Waals surface area contributed by atoms with Gasteiger partial charge in [0, 0.05) is 11.6 Å². The van der Waals surface area contributed by atoms with Crippen LogP contribution in [-0.2, 0) is 14.8 Å². The molecule has 0 aliphatic rings. The summed E-state index contributed by atoms with van der Waals surface area (Å²) >= 11 is 17.5. The average molecular weight is 359 g/mol. The van der Waals surface area contributed by atoms with Crippen LogP contribution in [0.5, 0.6) is 0 Å². The SMILES string of the molecule is C=C(C)COCCNS(=O)(=O)c1c(Cl)cc(Cl)cc1Cl. The molecule has 0 aliphatic heterocycles. The molecule has 0 atom stereocenters. The highest BCUT2D eigenvalue weighted by Crippen LogP contribution is 2.32. The van der Waals surface area contributed by atoms with E-state index in [4.69, 9.17) is 39.5 Å². The third kappa shape index (κ3) is 5.24. The molecule has 4 nitrogen and oxygen atoms in total. The number of hydrogen-bond donors (Lipinski definition) is 1. The Kier molecular flexibility index (Phi) is 6.78. The van der Waals surface area contributed by atoms with Crippen LogP contribution in [0.3, 0.4) is 0 Å². The monoisotopic (exact) mass is 357 g/mol. The van der Waals surface area contributed by atoms with Crippen LogP contribution in [0.25, 0.3) is 0 Å². The normalized spacial score (nSPS) is 11.6. The molecule has 0 bridgehead atoms. The molecule has 20 heavy (non-hydrogen) atoms. The molecule has 0 amide bonds. The van der Waals surface area contributed by atoms with E-state index in [0.29, 0.717) is 6.61 Å². The van der Waals surface area contributed by atoms with Gasteiger partial charge in [-0.2, -0.15) is 0 Å². The molecule has 0 saturated heterocycles. The Labute approximate surface area is 133 Å². The van der Waals surface area contributed by atoms with Gasteiger partial charge in [-0.05, 0) is 19.1 Å². The minimum Gasteiger partial charge on any atom is -0.376 e. The molecule has 0 spiro atoms. The topological polar surface area (TPSA) is 55.4 Å². The van der Waals surface area contributed by atoms with E-state index in [9.17, 15) is 8.42 Å². The quantitative estimate of drug-likeness (QED) is 0.599. The molecular formula is C12H14Cl3NO3S. The van der Waals surface area contributed by atoms with Crippen LogP contribution in [0.4, 0.5) is 0 Å². The fourth-order valence-corrected chi connectivity index (χ4v) is 3.91. The summed E-state index contributed by atoms with van der Waals surface area (Å²) in [4.78, 5) is -0.190. The molecule has 0 unspecified atom stereocenters. The van der Waals surface area contributed by atoms with Crippen molar-refractivity contribution in [3.05, 3.63) is 39.4 Å². The standard InChI is InChI=1S/C12H14Cl3NO3S/c1-8(2)7-19-4-3-16-20(17,18)12-10(14)5-9(13)6-11(12)15/h5-6,16H,1,3-4,7H2,2H3. The number of sulfonamides is 1. The minimum atomic E-state index is -3.81. The van der Waals surface area contributed by atoms with Crippen LogP contribution in [0, 0.1) is 0 Å². The van der Waals surface area contributed by atoms with E-state index in [-0.39, 0.29) is 33.1 Å². The minimum absolute atomic E-state index is 0.0298. The van der Waals surface area contributed by atoms with Crippen LogP contribution in [0.15, 0.2) is 29.2 Å². The smallest absolute Gasteiger partial charge is 0.243 e. The molecule has 0 radical (unpaired) electrons. The average Bonchev–Trinajstić information content (AvgIpc) is 2.25. The molecule has 0 aliphatic carbocycles. The van der Waals surface area contributed by atoms with E-state index in [1.165, 1.54) is 12.1 Å². The van der Waals surface area contributed by atoms with Crippen molar-refractivity contribution in [2.24, 2.45) is 0 Å². The van der Waals surface area contributed by atoms with E-state index in [1.54, 1.807) is 0 Å². The molecule has 112 valence electrons. The Morgan fingerprint density at radius 3 is 2.35 bits per heavy atom. The molecule has 0 aromatic heterocycles. The zero-order chi connectivity index (χ0) is 15.3. The number of nitrogens with one attached hydrogen (secondary N) is 1. The predicted octanol–water partition coefficient (Wildman–Crippen LogP) is 3.52. The number of ether oxygens (including phenoxy) is 1. The largest absolute Gasteiger partial charge is 0.376 e. The van der Waals surface area contributed by atoms with Crippen LogP contribution in [0.2, 0.25) is 15.1 Å². The van der Waals surface area contributed by atoms with Crippen molar-refractivity contribution >= 4 is 44.8 Å². The van der Waals surface area contributed by atoms with Gasteiger partial charge in [-0.15, -0.1) is 0 Å². The Balaban J connectivity index is 2.73. The number of benzene rings is 1. The third-order valence-corrected chi connectivity index (χ3v) is 4.72. The van der Waals surface area contributed by atoms with E-state index in [1.807, 2.05) is 6.92 Å². The van der Waals surface area contributed by atoms with Gasteiger partial charge in [-0.3, -0.25) is 0 Å². The Morgan fingerprint density at radius 1 is 1.30 bits per heavy atom. The molecule has 0 saturated carbocycles. The van der Waals surface area contributed by atoms with Gasteiger partial charge in [0.2, 0.25) is 10.0 Å². The molecule has 8 heteroatoms. The van der Waals surface area contributed by atoms with Gasteiger partial charge in [-0.25, -0.2) is 13.1 Å². The second-order valence-electron chi connectivity index (χ2n) is 4.11.